The normalized spacial score (nSPS) is 15.8. The highest BCUT2D eigenvalue weighted by molar-refractivity contribution is 6.03. The maximum Gasteiger partial charge on any atom is 0.279 e. The number of aliphatic imine (C=N–C) groups is 1. The second-order valence-electron chi connectivity index (χ2n) is 4.65. The van der Waals surface area contributed by atoms with Gasteiger partial charge in [-0.05, 0) is 38.5 Å². The molecule has 1 aliphatic heterocycles. The van der Waals surface area contributed by atoms with Crippen LogP contribution >= 0.6 is 0 Å². The number of guanidine groups is 1. The monoisotopic (exact) mass is 300 g/mol. The molecule has 1 amide bonds. The van der Waals surface area contributed by atoms with Crippen molar-refractivity contribution >= 4 is 11.9 Å². The Labute approximate surface area is 132 Å². The number of hydrogen-bond acceptors (Lipinski definition) is 2. The van der Waals surface area contributed by atoms with Crippen LogP contribution in [0.5, 0.6) is 0 Å². The zero-order chi connectivity index (χ0) is 16.4. The summed E-state index contributed by atoms with van der Waals surface area (Å²) in [5.41, 5.74) is 2.07. The van der Waals surface area contributed by atoms with Gasteiger partial charge in [-0.25, -0.2) is 0 Å². The van der Waals surface area contributed by atoms with Gasteiger partial charge in [0.1, 0.15) is 0 Å². The van der Waals surface area contributed by atoms with Gasteiger partial charge in [0.15, 0.2) is 5.96 Å². The Morgan fingerprint density at radius 3 is 2.36 bits per heavy atom. The molecule has 3 N–H and O–H groups in total. The molecular weight excluding hydrogens is 276 g/mol. The molecule has 0 atom stereocenters. The summed E-state index contributed by atoms with van der Waals surface area (Å²) in [7, 11) is 0. The predicted octanol–water partition coefficient (Wildman–Crippen LogP) is 2.15. The zero-order valence-corrected chi connectivity index (χ0v) is 13.3. The number of carbonyl (C=O) groups excluding carboxylic acids is 1. The van der Waals surface area contributed by atoms with E-state index in [1.54, 1.807) is 18.2 Å². The van der Waals surface area contributed by atoms with Crippen molar-refractivity contribution in [2.45, 2.75) is 20.3 Å². The van der Waals surface area contributed by atoms with Crippen LogP contribution < -0.4 is 16.0 Å². The van der Waals surface area contributed by atoms with E-state index in [1.165, 1.54) is 0 Å². The van der Waals surface area contributed by atoms with Crippen LogP contribution in [0.3, 0.4) is 0 Å². The summed E-state index contributed by atoms with van der Waals surface area (Å²) in [6.45, 7) is 12.9. The third kappa shape index (κ3) is 5.83. The Balaban J connectivity index is 2.65. The van der Waals surface area contributed by atoms with Crippen molar-refractivity contribution in [3.63, 3.8) is 0 Å². The van der Waals surface area contributed by atoms with Gasteiger partial charge in [-0.2, -0.15) is 4.99 Å². The molecule has 5 heteroatoms. The van der Waals surface area contributed by atoms with Crippen LogP contribution in [0.4, 0.5) is 0 Å². The molecule has 1 saturated heterocycles. The summed E-state index contributed by atoms with van der Waals surface area (Å²) >= 11 is 0. The van der Waals surface area contributed by atoms with Gasteiger partial charge in [-0.15, -0.1) is 0 Å². The van der Waals surface area contributed by atoms with Crippen LogP contribution in [0, 0.1) is 0 Å². The maximum atomic E-state index is 12.0. The van der Waals surface area contributed by atoms with Gasteiger partial charge in [0.25, 0.3) is 5.91 Å². The Morgan fingerprint density at radius 1 is 1.18 bits per heavy atom. The smallest absolute Gasteiger partial charge is 0.279 e. The lowest BCUT2D eigenvalue weighted by atomic mass is 10.2. The molecule has 0 aromatic heterocycles. The van der Waals surface area contributed by atoms with Crippen molar-refractivity contribution in [3.8, 4) is 0 Å². The third-order valence-corrected chi connectivity index (χ3v) is 3.02. The van der Waals surface area contributed by atoms with Gasteiger partial charge in [-0.1, -0.05) is 25.3 Å². The highest BCUT2D eigenvalue weighted by atomic mass is 16.1. The van der Waals surface area contributed by atoms with Crippen molar-refractivity contribution in [3.05, 3.63) is 60.5 Å². The number of allylic oxidation sites excluding steroid dienone is 4. The van der Waals surface area contributed by atoms with Crippen LogP contribution in [0.15, 0.2) is 65.5 Å². The Kier molecular flexibility index (Phi) is 7.47. The molecule has 0 saturated carbocycles. The van der Waals surface area contributed by atoms with Crippen LogP contribution in [-0.2, 0) is 4.79 Å². The van der Waals surface area contributed by atoms with Crippen LogP contribution in [0.1, 0.15) is 20.3 Å². The summed E-state index contributed by atoms with van der Waals surface area (Å²) in [6.07, 6.45) is 9.99. The minimum atomic E-state index is -0.362. The Morgan fingerprint density at radius 2 is 1.82 bits per heavy atom. The van der Waals surface area contributed by atoms with E-state index in [0.29, 0.717) is 11.5 Å². The molecule has 5 nitrogen and oxygen atoms in total. The fourth-order valence-electron chi connectivity index (χ4n) is 1.70. The second-order valence-corrected chi connectivity index (χ2v) is 4.65. The molecule has 0 unspecified atom stereocenters. The summed E-state index contributed by atoms with van der Waals surface area (Å²) in [5.74, 6) is 0.150. The third-order valence-electron chi connectivity index (χ3n) is 3.02. The topological polar surface area (TPSA) is 65.5 Å². The standard InChI is InChI=1S/C17H24N4O/c1-5-14(6-2)20-15(7-3)10-9-13(4)16(22)21-17-18-11-8-12-19-17/h5-7,9-10,20H,1,4,8,11-12H2,2-3H3,(H2,18,19,21,22)/b10-9-,14-6+,15-7+. The fourth-order valence-corrected chi connectivity index (χ4v) is 1.70. The summed E-state index contributed by atoms with van der Waals surface area (Å²) in [6, 6.07) is 0. The minimum absolute atomic E-state index is 0.323. The van der Waals surface area contributed by atoms with Gasteiger partial charge in [0.2, 0.25) is 0 Å². The number of hydrogen-bond donors (Lipinski definition) is 3. The molecule has 1 aliphatic rings. The molecule has 1 heterocycles. The number of nitrogens with zero attached hydrogens (tertiary/aromatic N) is 1. The van der Waals surface area contributed by atoms with Crippen LogP contribution in [-0.4, -0.2) is 25.0 Å². The first-order valence-electron chi connectivity index (χ1n) is 7.30. The molecule has 0 radical (unpaired) electrons. The average Bonchev–Trinajstić information content (AvgIpc) is 2.55. The zero-order valence-electron chi connectivity index (χ0n) is 13.3. The highest BCUT2D eigenvalue weighted by Crippen LogP contribution is 2.03. The van der Waals surface area contributed by atoms with Gasteiger partial charge in [0, 0.05) is 30.1 Å². The van der Waals surface area contributed by atoms with Crippen molar-refractivity contribution in [1.82, 2.24) is 16.0 Å². The number of carbonyl (C=O) groups is 1. The van der Waals surface area contributed by atoms with Gasteiger partial charge < -0.3 is 16.0 Å². The van der Waals surface area contributed by atoms with E-state index in [0.717, 1.165) is 30.9 Å². The molecule has 0 bridgehead atoms. The maximum absolute atomic E-state index is 12.0. The molecule has 1 fully saturated rings. The van der Waals surface area contributed by atoms with E-state index in [1.807, 2.05) is 26.0 Å². The average molecular weight is 300 g/mol. The lowest BCUT2D eigenvalue weighted by Gasteiger charge is -2.16. The van der Waals surface area contributed by atoms with Gasteiger partial charge >= 0.3 is 0 Å². The number of amides is 1. The number of nitrogens with one attached hydrogen (secondary N) is 3. The Hall–Kier alpha value is -2.56. The summed E-state index contributed by atoms with van der Waals surface area (Å²) in [4.78, 5) is 15.9. The first-order chi connectivity index (χ1) is 10.6. The first-order valence-corrected chi connectivity index (χ1v) is 7.30. The molecule has 0 aromatic carbocycles. The Bertz CT molecular complexity index is 545. The molecule has 0 aliphatic carbocycles. The molecule has 0 spiro atoms. The number of rotatable bonds is 6. The quantitative estimate of drug-likeness (QED) is 0.519. The van der Waals surface area contributed by atoms with Crippen LogP contribution in [0.25, 0.3) is 0 Å². The highest BCUT2D eigenvalue weighted by Gasteiger charge is 2.08. The lowest BCUT2D eigenvalue weighted by Crippen LogP contribution is -2.44. The lowest BCUT2D eigenvalue weighted by molar-refractivity contribution is -0.114. The first kappa shape index (κ1) is 17.5. The molecule has 118 valence electrons. The van der Waals surface area contributed by atoms with E-state index in [4.69, 9.17) is 0 Å². The van der Waals surface area contributed by atoms with Crippen molar-refractivity contribution in [1.29, 1.82) is 0 Å². The molecule has 1 rings (SSSR count). The van der Waals surface area contributed by atoms with E-state index in [9.17, 15) is 4.79 Å². The van der Waals surface area contributed by atoms with E-state index in [2.05, 4.69) is 34.1 Å². The fraction of sp³-hybridized carbons (Fsp3) is 0.294. The minimum Gasteiger partial charge on any atom is -0.356 e. The summed E-state index contributed by atoms with van der Waals surface area (Å²) < 4.78 is 0. The predicted molar refractivity (Wildman–Crippen MR) is 92.2 cm³/mol. The molecule has 22 heavy (non-hydrogen) atoms. The van der Waals surface area contributed by atoms with E-state index < -0.39 is 0 Å². The largest absolute Gasteiger partial charge is 0.356 e. The molecule has 0 aromatic rings. The van der Waals surface area contributed by atoms with Gasteiger partial charge in [-0.3, -0.25) is 4.79 Å². The van der Waals surface area contributed by atoms with Crippen molar-refractivity contribution in [2.75, 3.05) is 13.1 Å². The van der Waals surface area contributed by atoms with Crippen molar-refractivity contribution in [2.24, 2.45) is 4.99 Å². The van der Waals surface area contributed by atoms with Crippen molar-refractivity contribution < 1.29 is 4.79 Å². The van der Waals surface area contributed by atoms with E-state index >= 15 is 0 Å². The van der Waals surface area contributed by atoms with E-state index in [-0.39, 0.29) is 5.91 Å². The summed E-state index contributed by atoms with van der Waals surface area (Å²) in [5, 5.41) is 9.25. The van der Waals surface area contributed by atoms with Gasteiger partial charge in [0.05, 0.1) is 0 Å². The molecular formula is C17H24N4O. The second kappa shape index (κ2) is 9.39. The van der Waals surface area contributed by atoms with Crippen LogP contribution in [0.2, 0.25) is 0 Å². The SMILES string of the molecule is C=C/C(=C\C)NC(/C=C\C(=C)C(=O)N=C1NCCCN1)=C/C.